The largest absolute Gasteiger partial charge is 0.495 e. The highest BCUT2D eigenvalue weighted by molar-refractivity contribution is 6.65. The van der Waals surface area contributed by atoms with E-state index >= 15 is 0 Å². The molecule has 1 aliphatic rings. The Morgan fingerprint density at radius 2 is 1.76 bits per heavy atom. The highest BCUT2D eigenvalue weighted by Crippen LogP contribution is 2.37. The summed E-state index contributed by atoms with van der Waals surface area (Å²) >= 11 is 0. The molecule has 1 fully saturated rings. The molecule has 21 heavy (non-hydrogen) atoms. The second-order valence-corrected chi connectivity index (χ2v) is 6.62. The number of aromatic nitrogens is 1. The van der Waals surface area contributed by atoms with E-state index in [2.05, 4.69) is 0 Å². The molecular weight excluding hydrogens is 268 g/mol. The Morgan fingerprint density at radius 3 is 2.33 bits per heavy atom. The van der Waals surface area contributed by atoms with Crippen molar-refractivity contribution in [2.75, 3.05) is 0 Å². The fraction of sp³-hybridized carbons (Fsp3) is 0.500. The minimum Gasteiger partial charge on any atom is -0.399 e. The SMILES string of the molecule is CCn1ccc2c(B3OC(C)(C)C(C)(C)O3)cc(F)cc21. The van der Waals surface area contributed by atoms with E-state index in [-0.39, 0.29) is 5.82 Å². The quantitative estimate of drug-likeness (QED) is 0.793. The molecule has 3 nitrogen and oxygen atoms in total. The lowest BCUT2D eigenvalue weighted by Gasteiger charge is -2.32. The normalized spacial score (nSPS) is 20.4. The van der Waals surface area contributed by atoms with Gasteiger partial charge in [-0.1, -0.05) is 0 Å². The molecule has 1 aliphatic heterocycles. The predicted octanol–water partition coefficient (Wildman–Crippen LogP) is 3.10. The first-order valence-electron chi connectivity index (χ1n) is 7.39. The lowest BCUT2D eigenvalue weighted by molar-refractivity contribution is 0.00578. The van der Waals surface area contributed by atoms with Gasteiger partial charge in [-0.15, -0.1) is 0 Å². The second-order valence-electron chi connectivity index (χ2n) is 6.62. The van der Waals surface area contributed by atoms with Crippen molar-refractivity contribution in [2.45, 2.75) is 52.4 Å². The number of benzene rings is 1. The average Bonchev–Trinajstić information content (AvgIpc) is 2.87. The van der Waals surface area contributed by atoms with E-state index in [9.17, 15) is 4.39 Å². The number of rotatable bonds is 2. The first-order valence-corrected chi connectivity index (χ1v) is 7.39. The van der Waals surface area contributed by atoms with Gasteiger partial charge in [0.1, 0.15) is 5.82 Å². The standard InChI is InChI=1S/C16H21BFNO2/c1-6-19-8-7-12-13(9-11(18)10-14(12)19)17-20-15(2,3)16(4,5)21-17/h7-10H,6H2,1-5H3. The Bertz CT molecular complexity index is 677. The topological polar surface area (TPSA) is 23.4 Å². The van der Waals surface area contributed by atoms with Crippen LogP contribution in [0.15, 0.2) is 24.4 Å². The molecule has 0 aliphatic carbocycles. The van der Waals surface area contributed by atoms with Crippen LogP contribution in [0.4, 0.5) is 4.39 Å². The molecule has 1 aromatic heterocycles. The summed E-state index contributed by atoms with van der Waals surface area (Å²) in [5, 5.41) is 0.983. The molecule has 112 valence electrons. The molecule has 0 N–H and O–H groups in total. The highest BCUT2D eigenvalue weighted by atomic mass is 19.1. The van der Waals surface area contributed by atoms with Crippen LogP contribution in [-0.2, 0) is 15.9 Å². The Kier molecular flexibility index (Phi) is 3.19. The molecule has 0 radical (unpaired) electrons. The minimum atomic E-state index is -0.541. The number of nitrogens with zero attached hydrogens (tertiary/aromatic N) is 1. The summed E-state index contributed by atoms with van der Waals surface area (Å²) in [4.78, 5) is 0. The zero-order chi connectivity index (χ0) is 15.4. The van der Waals surface area contributed by atoms with E-state index in [1.807, 2.05) is 51.4 Å². The fourth-order valence-electron chi connectivity index (χ4n) is 2.73. The molecule has 1 aromatic carbocycles. The third kappa shape index (κ3) is 2.19. The maximum Gasteiger partial charge on any atom is 0.495 e. The van der Waals surface area contributed by atoms with Crippen molar-refractivity contribution < 1.29 is 13.7 Å². The van der Waals surface area contributed by atoms with E-state index in [1.54, 1.807) is 6.07 Å². The van der Waals surface area contributed by atoms with Gasteiger partial charge < -0.3 is 13.9 Å². The van der Waals surface area contributed by atoms with Gasteiger partial charge >= 0.3 is 7.12 Å². The monoisotopic (exact) mass is 289 g/mol. The maximum absolute atomic E-state index is 14.0. The molecule has 0 amide bonds. The zero-order valence-corrected chi connectivity index (χ0v) is 13.2. The van der Waals surface area contributed by atoms with Crippen molar-refractivity contribution in [1.82, 2.24) is 4.57 Å². The Balaban J connectivity index is 2.12. The summed E-state index contributed by atoms with van der Waals surface area (Å²) in [6.45, 7) is 10.8. The van der Waals surface area contributed by atoms with Crippen molar-refractivity contribution in [3.8, 4) is 0 Å². The molecule has 1 saturated heterocycles. The van der Waals surface area contributed by atoms with Crippen LogP contribution in [0, 0.1) is 5.82 Å². The molecule has 0 spiro atoms. The van der Waals surface area contributed by atoms with Crippen molar-refractivity contribution in [3.63, 3.8) is 0 Å². The number of hydrogen-bond donors (Lipinski definition) is 0. The molecule has 0 saturated carbocycles. The van der Waals surface area contributed by atoms with Crippen LogP contribution in [0.3, 0.4) is 0 Å². The summed E-state index contributed by atoms with van der Waals surface area (Å²) in [6.07, 6.45) is 1.97. The van der Waals surface area contributed by atoms with E-state index < -0.39 is 18.3 Å². The van der Waals surface area contributed by atoms with Gasteiger partial charge in [-0.25, -0.2) is 4.39 Å². The summed E-state index contributed by atoms with van der Waals surface area (Å²) < 4.78 is 28.1. The molecule has 2 heterocycles. The number of aryl methyl sites for hydroxylation is 1. The van der Waals surface area contributed by atoms with Gasteiger partial charge in [0.15, 0.2) is 0 Å². The third-order valence-electron chi connectivity index (χ3n) is 4.73. The summed E-state index contributed by atoms with van der Waals surface area (Å²) in [5.74, 6) is -0.263. The van der Waals surface area contributed by atoms with Gasteiger partial charge in [0.05, 0.1) is 16.7 Å². The first-order chi connectivity index (χ1) is 9.75. The third-order valence-corrected chi connectivity index (χ3v) is 4.73. The molecule has 0 bridgehead atoms. The smallest absolute Gasteiger partial charge is 0.399 e. The molecule has 3 rings (SSSR count). The van der Waals surface area contributed by atoms with Gasteiger partial charge in [0, 0.05) is 12.7 Å². The van der Waals surface area contributed by atoms with Gasteiger partial charge in [-0.2, -0.15) is 0 Å². The predicted molar refractivity (Wildman–Crippen MR) is 83.3 cm³/mol. The Hall–Kier alpha value is -1.33. The summed E-state index contributed by atoms with van der Waals surface area (Å²) in [5.41, 5.74) is 0.783. The van der Waals surface area contributed by atoms with E-state index in [1.165, 1.54) is 6.07 Å². The average molecular weight is 289 g/mol. The van der Waals surface area contributed by atoms with Crippen molar-refractivity contribution in [2.24, 2.45) is 0 Å². The van der Waals surface area contributed by atoms with Crippen LogP contribution in [0.1, 0.15) is 34.6 Å². The van der Waals surface area contributed by atoms with Gasteiger partial charge in [0.25, 0.3) is 0 Å². The molecular formula is C16H21BFNO2. The first kappa shape index (κ1) is 14.6. The summed E-state index contributed by atoms with van der Waals surface area (Å²) in [7, 11) is -0.541. The number of hydrogen-bond acceptors (Lipinski definition) is 2. The van der Waals surface area contributed by atoms with Crippen LogP contribution in [-0.4, -0.2) is 22.9 Å². The maximum atomic E-state index is 14.0. The Morgan fingerprint density at radius 1 is 1.14 bits per heavy atom. The van der Waals surface area contributed by atoms with Crippen molar-refractivity contribution in [1.29, 1.82) is 0 Å². The fourth-order valence-corrected chi connectivity index (χ4v) is 2.73. The lowest BCUT2D eigenvalue weighted by Crippen LogP contribution is -2.41. The van der Waals surface area contributed by atoms with Gasteiger partial charge in [-0.3, -0.25) is 0 Å². The minimum absolute atomic E-state index is 0.263. The van der Waals surface area contributed by atoms with Crippen LogP contribution in [0.5, 0.6) is 0 Å². The van der Waals surface area contributed by atoms with Gasteiger partial charge in [-0.05, 0) is 63.7 Å². The number of halogens is 1. The second kappa shape index (κ2) is 4.58. The van der Waals surface area contributed by atoms with E-state index in [0.29, 0.717) is 0 Å². The zero-order valence-electron chi connectivity index (χ0n) is 13.2. The van der Waals surface area contributed by atoms with Crippen molar-refractivity contribution in [3.05, 3.63) is 30.2 Å². The van der Waals surface area contributed by atoms with E-state index in [4.69, 9.17) is 9.31 Å². The Labute approximate surface area is 125 Å². The lowest BCUT2D eigenvalue weighted by atomic mass is 9.77. The van der Waals surface area contributed by atoms with Crippen LogP contribution >= 0.6 is 0 Å². The van der Waals surface area contributed by atoms with E-state index in [0.717, 1.165) is 22.9 Å². The van der Waals surface area contributed by atoms with Crippen molar-refractivity contribution >= 4 is 23.5 Å². The molecule has 0 atom stereocenters. The molecule has 0 unspecified atom stereocenters. The molecule has 2 aromatic rings. The summed E-state index contributed by atoms with van der Waals surface area (Å²) in [6, 6.07) is 5.08. The molecule has 5 heteroatoms. The van der Waals surface area contributed by atoms with Gasteiger partial charge in [0.2, 0.25) is 0 Å². The van der Waals surface area contributed by atoms with Crippen LogP contribution in [0.25, 0.3) is 10.9 Å². The van der Waals surface area contributed by atoms with Crippen LogP contribution < -0.4 is 5.46 Å². The highest BCUT2D eigenvalue weighted by Gasteiger charge is 2.52. The van der Waals surface area contributed by atoms with Crippen LogP contribution in [0.2, 0.25) is 0 Å². The number of fused-ring (bicyclic) bond motifs is 1.